The van der Waals surface area contributed by atoms with Crippen LogP contribution in [-0.4, -0.2) is 18.0 Å². The van der Waals surface area contributed by atoms with Gasteiger partial charge in [0.15, 0.2) is 0 Å². The number of rotatable bonds is 2. The Balaban J connectivity index is 1.44. The number of ether oxygens (including phenoxy) is 1. The van der Waals surface area contributed by atoms with Gasteiger partial charge in [-0.05, 0) is 64.3 Å². The van der Waals surface area contributed by atoms with Crippen LogP contribution in [0, 0.1) is 3.57 Å². The van der Waals surface area contributed by atoms with Crippen LogP contribution in [0.2, 0.25) is 0 Å². The molecule has 22 heavy (non-hydrogen) atoms. The van der Waals surface area contributed by atoms with Crippen molar-refractivity contribution in [1.82, 2.24) is 4.90 Å². The third-order valence-corrected chi connectivity index (χ3v) is 5.71. The summed E-state index contributed by atoms with van der Waals surface area (Å²) in [5.41, 5.74) is 4.21. The maximum atomic E-state index is 6.24. The number of halogens is 1. The molecule has 0 N–H and O–H groups in total. The molecule has 0 aromatic heterocycles. The molecule has 0 unspecified atom stereocenters. The van der Waals surface area contributed by atoms with Crippen molar-refractivity contribution >= 4 is 22.6 Å². The number of fused-ring (bicyclic) bond motifs is 2. The van der Waals surface area contributed by atoms with Crippen LogP contribution in [-0.2, 0) is 23.5 Å². The standard InChI is InChI=1S/C19H20INO/c20-17-7-5-15(6-8-17)13-21-11-9-19(10-12-21)18-4-2-1-3-16(18)14-22-19/h1-8H,9-14H2/i20-2. The van der Waals surface area contributed by atoms with E-state index in [1.54, 1.807) is 0 Å². The van der Waals surface area contributed by atoms with Gasteiger partial charge in [0.1, 0.15) is 0 Å². The van der Waals surface area contributed by atoms with E-state index in [9.17, 15) is 0 Å². The van der Waals surface area contributed by atoms with Crippen LogP contribution in [0.5, 0.6) is 0 Å². The highest BCUT2D eigenvalue weighted by atomic mass is 125. The summed E-state index contributed by atoms with van der Waals surface area (Å²) in [5.74, 6) is 0. The second-order valence-electron chi connectivity index (χ2n) is 6.34. The van der Waals surface area contributed by atoms with E-state index in [0.29, 0.717) is 0 Å². The number of benzene rings is 2. The molecule has 2 aromatic rings. The molecule has 0 atom stereocenters. The molecule has 2 aliphatic heterocycles. The summed E-state index contributed by atoms with van der Waals surface area (Å²) >= 11 is 2.36. The van der Waals surface area contributed by atoms with E-state index in [4.69, 9.17) is 4.74 Å². The Morgan fingerprint density at radius 1 is 1.00 bits per heavy atom. The largest absolute Gasteiger partial charge is 0.365 e. The minimum atomic E-state index is -0.0147. The number of hydrogen-bond donors (Lipinski definition) is 0. The number of nitrogens with zero attached hydrogens (tertiary/aromatic N) is 1. The van der Waals surface area contributed by atoms with Crippen LogP contribution in [0.3, 0.4) is 0 Å². The van der Waals surface area contributed by atoms with Gasteiger partial charge in [-0.2, -0.15) is 0 Å². The molecule has 4 rings (SSSR count). The third-order valence-electron chi connectivity index (χ3n) is 5.00. The molecule has 114 valence electrons. The monoisotopic (exact) mass is 403 g/mol. The maximum Gasteiger partial charge on any atom is 0.0963 e. The molecule has 0 saturated carbocycles. The van der Waals surface area contributed by atoms with Crippen molar-refractivity contribution in [2.75, 3.05) is 13.1 Å². The minimum absolute atomic E-state index is 0.0147. The second-order valence-corrected chi connectivity index (χ2v) is 7.59. The lowest BCUT2D eigenvalue weighted by Crippen LogP contribution is -2.42. The topological polar surface area (TPSA) is 12.5 Å². The van der Waals surface area contributed by atoms with Crippen LogP contribution >= 0.6 is 22.6 Å². The van der Waals surface area contributed by atoms with Gasteiger partial charge in [0.25, 0.3) is 0 Å². The molecule has 0 radical (unpaired) electrons. The van der Waals surface area contributed by atoms with Gasteiger partial charge in [-0.1, -0.05) is 36.4 Å². The average Bonchev–Trinajstić information content (AvgIpc) is 2.91. The first-order chi connectivity index (χ1) is 10.8. The zero-order valence-corrected chi connectivity index (χ0v) is 14.8. The SMILES string of the molecule is [125I]c1ccc(CN2CCC3(CC2)OCc2ccccc23)cc1. The molecule has 1 saturated heterocycles. The normalized spacial score (nSPS) is 20.2. The smallest absolute Gasteiger partial charge is 0.0963 e. The fourth-order valence-corrected chi connectivity index (χ4v) is 4.08. The van der Waals surface area contributed by atoms with Crippen LogP contribution < -0.4 is 0 Å². The van der Waals surface area contributed by atoms with Gasteiger partial charge in [-0.15, -0.1) is 0 Å². The first kappa shape index (κ1) is 14.7. The summed E-state index contributed by atoms with van der Waals surface area (Å²) in [4.78, 5) is 2.55. The van der Waals surface area contributed by atoms with Gasteiger partial charge in [0, 0.05) is 23.2 Å². The number of hydrogen-bond acceptors (Lipinski definition) is 2. The van der Waals surface area contributed by atoms with Crippen LogP contribution in [0.4, 0.5) is 0 Å². The molecule has 1 spiro atoms. The minimum Gasteiger partial charge on any atom is -0.365 e. The van der Waals surface area contributed by atoms with E-state index in [2.05, 4.69) is 76.0 Å². The van der Waals surface area contributed by atoms with Crippen molar-refractivity contribution in [3.8, 4) is 0 Å². The molecule has 2 aromatic carbocycles. The molecule has 0 bridgehead atoms. The van der Waals surface area contributed by atoms with Gasteiger partial charge >= 0.3 is 0 Å². The molecule has 2 heterocycles. The first-order valence-electron chi connectivity index (χ1n) is 7.94. The van der Waals surface area contributed by atoms with Crippen molar-refractivity contribution in [2.24, 2.45) is 0 Å². The Morgan fingerprint density at radius 3 is 2.50 bits per heavy atom. The van der Waals surface area contributed by atoms with E-state index in [0.717, 1.165) is 39.1 Å². The van der Waals surface area contributed by atoms with E-state index >= 15 is 0 Å². The molecule has 0 aliphatic carbocycles. The number of likely N-dealkylation sites (tertiary alicyclic amines) is 1. The highest BCUT2D eigenvalue weighted by Gasteiger charge is 2.42. The van der Waals surface area contributed by atoms with Gasteiger partial charge in [-0.3, -0.25) is 4.90 Å². The fraction of sp³-hybridized carbons (Fsp3) is 0.368. The summed E-state index contributed by atoms with van der Waals surface area (Å²) in [5, 5.41) is 0. The predicted molar refractivity (Wildman–Crippen MR) is 96.6 cm³/mol. The molecular weight excluding hydrogens is 383 g/mol. The second kappa shape index (κ2) is 5.95. The zero-order chi connectivity index (χ0) is 15.0. The Labute approximate surface area is 145 Å². The van der Waals surface area contributed by atoms with E-state index in [1.807, 2.05) is 0 Å². The van der Waals surface area contributed by atoms with Crippen molar-refractivity contribution in [1.29, 1.82) is 0 Å². The Morgan fingerprint density at radius 2 is 1.73 bits per heavy atom. The lowest BCUT2D eigenvalue weighted by atomic mass is 9.84. The van der Waals surface area contributed by atoms with Gasteiger partial charge in [-0.25, -0.2) is 0 Å². The average molecular weight is 403 g/mol. The quantitative estimate of drug-likeness (QED) is 0.693. The Kier molecular flexibility index (Phi) is 3.96. The Bertz CT molecular complexity index is 659. The molecule has 0 amide bonds. The zero-order valence-electron chi connectivity index (χ0n) is 12.6. The van der Waals surface area contributed by atoms with Gasteiger partial charge in [0.2, 0.25) is 0 Å². The highest BCUT2D eigenvalue weighted by molar-refractivity contribution is 14.1. The first-order valence-corrected chi connectivity index (χ1v) is 9.02. The van der Waals surface area contributed by atoms with Crippen LogP contribution in [0.25, 0.3) is 0 Å². The van der Waals surface area contributed by atoms with Gasteiger partial charge in [0.05, 0.1) is 12.2 Å². The molecule has 2 nitrogen and oxygen atoms in total. The highest BCUT2D eigenvalue weighted by Crippen LogP contribution is 2.44. The molecule has 1 fully saturated rings. The van der Waals surface area contributed by atoms with Crippen molar-refractivity contribution in [2.45, 2.75) is 31.6 Å². The Hall–Kier alpha value is -0.910. The fourth-order valence-electron chi connectivity index (χ4n) is 3.72. The summed E-state index contributed by atoms with van der Waals surface area (Å²) in [7, 11) is 0. The van der Waals surface area contributed by atoms with E-state index in [-0.39, 0.29) is 5.60 Å². The lowest BCUT2D eigenvalue weighted by Gasteiger charge is -2.39. The van der Waals surface area contributed by atoms with Crippen molar-refractivity contribution in [3.05, 3.63) is 68.8 Å². The van der Waals surface area contributed by atoms with Crippen molar-refractivity contribution in [3.63, 3.8) is 0 Å². The van der Waals surface area contributed by atoms with Crippen LogP contribution in [0.1, 0.15) is 29.5 Å². The van der Waals surface area contributed by atoms with Crippen LogP contribution in [0.15, 0.2) is 48.5 Å². The summed E-state index contributed by atoms with van der Waals surface area (Å²) < 4.78 is 7.54. The maximum absolute atomic E-state index is 6.24. The predicted octanol–water partition coefficient (Wildman–Crippen LogP) is 4.31. The summed E-state index contributed by atoms with van der Waals surface area (Å²) in [6, 6.07) is 17.6. The van der Waals surface area contributed by atoms with E-state index < -0.39 is 0 Å². The molecule has 2 aliphatic rings. The molecular formula is C19H20INO. The number of piperidine rings is 1. The summed E-state index contributed by atoms with van der Waals surface area (Å²) in [6.45, 7) is 4.06. The third kappa shape index (κ3) is 2.70. The lowest BCUT2D eigenvalue weighted by molar-refractivity contribution is -0.0799. The summed E-state index contributed by atoms with van der Waals surface area (Å²) in [6.07, 6.45) is 2.21. The van der Waals surface area contributed by atoms with E-state index in [1.165, 1.54) is 20.3 Å². The molecule has 3 heteroatoms. The van der Waals surface area contributed by atoms with Crippen molar-refractivity contribution < 1.29 is 4.74 Å². The van der Waals surface area contributed by atoms with Gasteiger partial charge < -0.3 is 4.74 Å².